The van der Waals surface area contributed by atoms with Gasteiger partial charge in [0.2, 0.25) is 10.0 Å². The fourth-order valence-corrected chi connectivity index (χ4v) is 1.98. The molecule has 0 saturated carbocycles. The summed E-state index contributed by atoms with van der Waals surface area (Å²) >= 11 is 5.45. The van der Waals surface area contributed by atoms with Gasteiger partial charge in [-0.3, -0.25) is 10.1 Å². The van der Waals surface area contributed by atoms with E-state index in [0.29, 0.717) is 0 Å². The third kappa shape index (κ3) is 4.30. The van der Waals surface area contributed by atoms with Gasteiger partial charge in [-0.15, -0.1) is 0 Å². The summed E-state index contributed by atoms with van der Waals surface area (Å²) in [5.41, 5.74) is -0.550. The molecular weight excluding hydrogens is 301 g/mol. The maximum Gasteiger partial charge on any atom is 0.294 e. The predicted molar refractivity (Wildman–Crippen MR) is 69.4 cm³/mol. The van der Waals surface area contributed by atoms with Gasteiger partial charge in [0.15, 0.2) is 0 Å². The first kappa shape index (κ1) is 15.6. The quantitative estimate of drug-likeness (QED) is 0.610. The summed E-state index contributed by atoms with van der Waals surface area (Å²) in [7, 11) is -2.19. The van der Waals surface area contributed by atoms with Crippen LogP contribution in [0.1, 0.15) is 0 Å². The molecule has 0 amide bonds. The fourth-order valence-electron chi connectivity index (χ4n) is 1.25. The molecule has 19 heavy (non-hydrogen) atoms. The van der Waals surface area contributed by atoms with Crippen molar-refractivity contribution in [2.45, 2.75) is 0 Å². The van der Waals surface area contributed by atoms with Gasteiger partial charge in [0, 0.05) is 18.7 Å². The number of nitrogens with zero attached hydrogens (tertiary/aromatic N) is 1. The van der Waals surface area contributed by atoms with Crippen LogP contribution in [0.4, 0.5) is 15.8 Å². The number of anilines is 1. The van der Waals surface area contributed by atoms with E-state index in [9.17, 15) is 22.9 Å². The van der Waals surface area contributed by atoms with E-state index < -0.39 is 26.5 Å². The molecule has 0 fully saturated rings. The number of benzene rings is 1. The van der Waals surface area contributed by atoms with Crippen LogP contribution in [-0.4, -0.2) is 32.7 Å². The molecule has 0 heterocycles. The number of nitro benzene ring substituents is 1. The molecule has 0 radical (unpaired) electrons. The number of hydrogen-bond acceptors (Lipinski definition) is 5. The van der Waals surface area contributed by atoms with Crippen LogP contribution in [0.15, 0.2) is 12.1 Å². The first-order chi connectivity index (χ1) is 8.76. The summed E-state index contributed by atoms with van der Waals surface area (Å²) in [5.74, 6) is -1.13. The minimum absolute atomic E-state index is 0.106. The van der Waals surface area contributed by atoms with E-state index >= 15 is 0 Å². The van der Waals surface area contributed by atoms with Gasteiger partial charge < -0.3 is 5.32 Å². The molecule has 0 atom stereocenters. The summed E-state index contributed by atoms with van der Waals surface area (Å²) in [4.78, 5) is 10.0. The van der Waals surface area contributed by atoms with Gasteiger partial charge >= 0.3 is 0 Å². The zero-order valence-corrected chi connectivity index (χ0v) is 11.4. The molecule has 0 bridgehead atoms. The van der Waals surface area contributed by atoms with E-state index in [1.807, 2.05) is 0 Å². The van der Waals surface area contributed by atoms with Gasteiger partial charge in [0.25, 0.3) is 5.69 Å². The molecule has 0 spiro atoms. The Hall–Kier alpha value is -1.45. The largest absolute Gasteiger partial charge is 0.378 e. The van der Waals surface area contributed by atoms with E-state index in [1.54, 1.807) is 0 Å². The molecule has 10 heteroatoms. The molecule has 0 saturated heterocycles. The molecule has 0 unspecified atom stereocenters. The van der Waals surface area contributed by atoms with Crippen molar-refractivity contribution in [2.24, 2.45) is 0 Å². The van der Waals surface area contributed by atoms with E-state index in [4.69, 9.17) is 11.6 Å². The molecule has 0 aliphatic carbocycles. The van der Waals surface area contributed by atoms with Crippen LogP contribution < -0.4 is 10.0 Å². The lowest BCUT2D eigenvalue weighted by Crippen LogP contribution is -2.26. The highest BCUT2D eigenvalue weighted by Gasteiger charge is 2.18. The number of sulfonamides is 1. The lowest BCUT2D eigenvalue weighted by atomic mass is 10.2. The third-order valence-electron chi connectivity index (χ3n) is 2.23. The highest BCUT2D eigenvalue weighted by Crippen LogP contribution is 2.30. The van der Waals surface area contributed by atoms with Crippen LogP contribution in [0.3, 0.4) is 0 Å². The van der Waals surface area contributed by atoms with Gasteiger partial charge in [0.05, 0.1) is 15.7 Å². The Kier molecular flexibility index (Phi) is 5.04. The Morgan fingerprint density at radius 3 is 2.63 bits per heavy atom. The molecule has 1 aromatic rings. The highest BCUT2D eigenvalue weighted by molar-refractivity contribution is 7.89. The Balaban J connectivity index is 2.89. The van der Waals surface area contributed by atoms with Crippen LogP contribution in [0.25, 0.3) is 0 Å². The average molecular weight is 312 g/mol. The lowest BCUT2D eigenvalue weighted by Gasteiger charge is -2.08. The van der Waals surface area contributed by atoms with Crippen LogP contribution in [0, 0.1) is 15.9 Å². The predicted octanol–water partition coefficient (Wildman–Crippen LogP) is 1.35. The number of nitro groups is 1. The maximum absolute atomic E-state index is 13.2. The number of hydrogen-bond donors (Lipinski definition) is 2. The number of rotatable bonds is 6. The Labute approximate surface area is 114 Å². The van der Waals surface area contributed by atoms with Crippen molar-refractivity contribution in [2.75, 3.05) is 24.7 Å². The zero-order valence-electron chi connectivity index (χ0n) is 9.81. The average Bonchev–Trinajstić information content (AvgIpc) is 2.32. The molecule has 106 valence electrons. The zero-order chi connectivity index (χ0) is 14.6. The summed E-state index contributed by atoms with van der Waals surface area (Å²) in [6.45, 7) is -0.106. The van der Waals surface area contributed by atoms with E-state index in [2.05, 4.69) is 10.0 Å². The van der Waals surface area contributed by atoms with Gasteiger partial charge in [-0.2, -0.15) is 0 Å². The normalized spacial score (nSPS) is 11.3. The standard InChI is InChI=1S/C9H11ClFN3O4S/c1-12-19(17,18)3-2-13-8-5-7(11)6(10)4-9(8)14(15)16/h4-5,12-13H,2-3H2,1H3. The topological polar surface area (TPSA) is 101 Å². The molecular formula is C9H11ClFN3O4S. The minimum atomic E-state index is -3.44. The minimum Gasteiger partial charge on any atom is -0.378 e. The first-order valence-electron chi connectivity index (χ1n) is 5.05. The van der Waals surface area contributed by atoms with Gasteiger partial charge in [-0.1, -0.05) is 11.6 Å². The smallest absolute Gasteiger partial charge is 0.294 e. The lowest BCUT2D eigenvalue weighted by molar-refractivity contribution is -0.384. The van der Waals surface area contributed by atoms with Gasteiger partial charge in [-0.25, -0.2) is 17.5 Å². The summed E-state index contributed by atoms with van der Waals surface area (Å²) in [6, 6.07) is 1.72. The van der Waals surface area contributed by atoms with Crippen LogP contribution >= 0.6 is 11.6 Å². The van der Waals surface area contributed by atoms with Gasteiger partial charge in [0.1, 0.15) is 11.5 Å². The van der Waals surface area contributed by atoms with Crippen molar-refractivity contribution in [1.29, 1.82) is 0 Å². The van der Waals surface area contributed by atoms with Gasteiger partial charge in [-0.05, 0) is 7.05 Å². The molecule has 7 nitrogen and oxygen atoms in total. The molecule has 2 N–H and O–H groups in total. The second-order valence-corrected chi connectivity index (χ2v) is 5.94. The molecule has 0 aliphatic rings. The highest BCUT2D eigenvalue weighted by atomic mass is 35.5. The van der Waals surface area contributed by atoms with Crippen molar-refractivity contribution in [3.05, 3.63) is 33.1 Å². The third-order valence-corrected chi connectivity index (χ3v) is 3.89. The van der Waals surface area contributed by atoms with Crippen molar-refractivity contribution in [3.63, 3.8) is 0 Å². The van der Waals surface area contributed by atoms with E-state index in [0.717, 1.165) is 12.1 Å². The van der Waals surface area contributed by atoms with Crippen LogP contribution in [-0.2, 0) is 10.0 Å². The van der Waals surface area contributed by atoms with E-state index in [1.165, 1.54) is 7.05 Å². The Bertz CT molecular complexity index is 593. The molecule has 1 aromatic carbocycles. The fraction of sp³-hybridized carbons (Fsp3) is 0.333. The van der Waals surface area contributed by atoms with Crippen molar-refractivity contribution in [3.8, 4) is 0 Å². The SMILES string of the molecule is CNS(=O)(=O)CCNc1cc(F)c(Cl)cc1[N+](=O)[O-]. The monoisotopic (exact) mass is 311 g/mol. The summed E-state index contributed by atoms with van der Waals surface area (Å²) < 4.78 is 37.6. The Morgan fingerprint density at radius 2 is 2.11 bits per heavy atom. The maximum atomic E-state index is 13.2. The van der Waals surface area contributed by atoms with Crippen LogP contribution in [0.5, 0.6) is 0 Å². The second kappa shape index (κ2) is 6.13. The number of halogens is 2. The van der Waals surface area contributed by atoms with E-state index in [-0.39, 0.29) is 23.0 Å². The van der Waals surface area contributed by atoms with Crippen molar-refractivity contribution < 1.29 is 17.7 Å². The summed E-state index contributed by atoms with van der Waals surface area (Å²) in [5, 5.41) is 12.9. The molecule has 0 aromatic heterocycles. The Morgan fingerprint density at radius 1 is 1.47 bits per heavy atom. The van der Waals surface area contributed by atoms with Crippen molar-refractivity contribution in [1.82, 2.24) is 4.72 Å². The summed E-state index contributed by atoms with van der Waals surface area (Å²) in [6.07, 6.45) is 0. The first-order valence-corrected chi connectivity index (χ1v) is 7.08. The second-order valence-electron chi connectivity index (χ2n) is 3.49. The number of nitrogens with one attached hydrogen (secondary N) is 2. The molecule has 0 aliphatic heterocycles. The van der Waals surface area contributed by atoms with Crippen molar-refractivity contribution >= 4 is 33.0 Å². The van der Waals surface area contributed by atoms with Crippen LogP contribution in [0.2, 0.25) is 5.02 Å². The molecule has 1 rings (SSSR count).